The largest absolute Gasteiger partial charge is 0.305 e. The predicted octanol–water partition coefficient (Wildman–Crippen LogP) is 5.73. The van der Waals surface area contributed by atoms with Gasteiger partial charge in [-0.25, -0.2) is 0 Å². The Morgan fingerprint density at radius 3 is 2.33 bits per heavy atom. The van der Waals surface area contributed by atoms with Crippen LogP contribution < -0.4 is 0 Å². The molecule has 4 atom stereocenters. The first-order valence-corrected chi connectivity index (χ1v) is 10.5. The van der Waals surface area contributed by atoms with Crippen molar-refractivity contribution in [2.24, 2.45) is 5.41 Å². The lowest BCUT2D eigenvalue weighted by Gasteiger charge is -2.41. The lowest BCUT2D eigenvalue weighted by molar-refractivity contribution is 0.408. The van der Waals surface area contributed by atoms with E-state index < -0.39 is 7.29 Å². The first-order valence-electron chi connectivity index (χ1n) is 8.65. The summed E-state index contributed by atoms with van der Waals surface area (Å²) >= 11 is 0. The van der Waals surface area contributed by atoms with Crippen LogP contribution in [0.2, 0.25) is 0 Å². The van der Waals surface area contributed by atoms with Gasteiger partial charge in [-0.3, -0.25) is 4.67 Å². The summed E-state index contributed by atoms with van der Waals surface area (Å²) in [6.07, 6.45) is 12.1. The molecule has 0 spiro atoms. The third kappa shape index (κ3) is 2.76. The fourth-order valence-electron chi connectivity index (χ4n) is 3.92. The lowest BCUT2D eigenvalue weighted by atomic mass is 9.79. The molecule has 1 unspecified atom stereocenters. The molecule has 24 heavy (non-hydrogen) atoms. The van der Waals surface area contributed by atoms with Gasteiger partial charge in [-0.15, -0.1) is 0 Å². The van der Waals surface area contributed by atoms with Crippen LogP contribution in [0.4, 0.5) is 0 Å². The predicted molar refractivity (Wildman–Crippen MR) is 104 cm³/mol. The van der Waals surface area contributed by atoms with E-state index in [1.807, 2.05) is 18.8 Å². The highest BCUT2D eigenvalue weighted by molar-refractivity contribution is 7.63. The van der Waals surface area contributed by atoms with Gasteiger partial charge < -0.3 is 4.57 Å². The smallest absolute Gasteiger partial charge is 0.168 e. The van der Waals surface area contributed by atoms with Gasteiger partial charge in [0.1, 0.15) is 0 Å². The fraction of sp³-hybridized carbons (Fsp3) is 0.429. The van der Waals surface area contributed by atoms with Crippen LogP contribution in [0.5, 0.6) is 0 Å². The molecule has 2 nitrogen and oxygen atoms in total. The van der Waals surface area contributed by atoms with Crippen molar-refractivity contribution < 1.29 is 4.57 Å². The molecule has 1 heterocycles. The van der Waals surface area contributed by atoms with Crippen molar-refractivity contribution in [2.45, 2.75) is 38.5 Å². The van der Waals surface area contributed by atoms with Crippen LogP contribution in [0.25, 0.3) is 0 Å². The quantitative estimate of drug-likeness (QED) is 0.517. The molecule has 2 aliphatic rings. The molecule has 0 aromatic heterocycles. The highest BCUT2D eigenvalue weighted by atomic mass is 31.2. The Hall–Kier alpha value is -1.37. The molecule has 1 aliphatic heterocycles. The van der Waals surface area contributed by atoms with Crippen LogP contribution in [0, 0.1) is 12.3 Å². The Morgan fingerprint density at radius 2 is 1.79 bits per heavy atom. The Kier molecular flexibility index (Phi) is 4.49. The van der Waals surface area contributed by atoms with Gasteiger partial charge >= 0.3 is 0 Å². The summed E-state index contributed by atoms with van der Waals surface area (Å²) in [6.45, 7) is 6.46. The molecule has 0 fully saturated rings. The van der Waals surface area contributed by atoms with Crippen LogP contribution in [0.3, 0.4) is 0 Å². The molecule has 3 heteroatoms. The van der Waals surface area contributed by atoms with Gasteiger partial charge in [-0.2, -0.15) is 0 Å². The van der Waals surface area contributed by atoms with Gasteiger partial charge in [0.25, 0.3) is 0 Å². The van der Waals surface area contributed by atoms with Crippen LogP contribution in [-0.2, 0) is 4.57 Å². The second kappa shape index (κ2) is 6.17. The topological polar surface area (TPSA) is 20.3 Å². The first kappa shape index (κ1) is 17.5. The molecule has 0 saturated heterocycles. The van der Waals surface area contributed by atoms with Gasteiger partial charge in [0.2, 0.25) is 0 Å². The van der Waals surface area contributed by atoms with Crippen LogP contribution >= 0.6 is 7.29 Å². The maximum absolute atomic E-state index is 14.3. The van der Waals surface area contributed by atoms with Gasteiger partial charge in [-0.1, -0.05) is 72.7 Å². The Bertz CT molecular complexity index is 757. The Balaban J connectivity index is 2.01. The Labute approximate surface area is 146 Å². The zero-order valence-corrected chi connectivity index (χ0v) is 16.3. The number of aryl methyl sites for hydroxylation is 1. The average Bonchev–Trinajstić information content (AvgIpc) is 2.91. The number of rotatable bonds is 3. The summed E-state index contributed by atoms with van der Waals surface area (Å²) in [5.74, 6) is 0. The van der Waals surface area contributed by atoms with E-state index in [2.05, 4.69) is 75.4 Å². The second-order valence-corrected chi connectivity index (χ2v) is 11.0. The van der Waals surface area contributed by atoms with Crippen LogP contribution in [-0.4, -0.2) is 24.4 Å². The molecular formula is C21H28NOP. The average molecular weight is 341 g/mol. The fourth-order valence-corrected chi connectivity index (χ4v) is 7.59. The third-order valence-electron chi connectivity index (χ3n) is 5.58. The number of hydrogen-bond donors (Lipinski definition) is 0. The number of benzene rings is 1. The molecule has 128 valence electrons. The molecule has 0 saturated carbocycles. The Morgan fingerprint density at radius 1 is 1.12 bits per heavy atom. The van der Waals surface area contributed by atoms with E-state index in [-0.39, 0.29) is 16.7 Å². The molecule has 1 aromatic carbocycles. The van der Waals surface area contributed by atoms with E-state index in [4.69, 9.17) is 0 Å². The molecule has 0 radical (unpaired) electrons. The normalized spacial score (nSPS) is 35.5. The molecule has 1 aromatic rings. The van der Waals surface area contributed by atoms with E-state index in [1.54, 1.807) is 0 Å². The summed E-state index contributed by atoms with van der Waals surface area (Å²) in [5.41, 5.74) is 3.63. The monoisotopic (exact) mass is 341 g/mol. The van der Waals surface area contributed by atoms with Crippen molar-refractivity contribution in [1.82, 2.24) is 4.67 Å². The van der Waals surface area contributed by atoms with Crippen molar-refractivity contribution in [3.05, 3.63) is 71.3 Å². The maximum atomic E-state index is 14.3. The van der Waals surface area contributed by atoms with E-state index in [0.29, 0.717) is 0 Å². The molecular weight excluding hydrogens is 313 g/mol. The number of allylic oxidation sites excluding steroid dienone is 6. The molecule has 3 rings (SSSR count). The van der Waals surface area contributed by atoms with E-state index >= 15 is 0 Å². The summed E-state index contributed by atoms with van der Waals surface area (Å²) in [6, 6.07) is 8.49. The zero-order chi connectivity index (χ0) is 17.5. The van der Waals surface area contributed by atoms with E-state index in [0.717, 1.165) is 12.0 Å². The van der Waals surface area contributed by atoms with Crippen molar-refractivity contribution in [3.8, 4) is 0 Å². The second-order valence-electron chi connectivity index (χ2n) is 7.70. The highest BCUT2D eigenvalue weighted by Crippen LogP contribution is 2.72. The number of nitrogens with zero attached hydrogens (tertiary/aromatic N) is 1. The van der Waals surface area contributed by atoms with Crippen molar-refractivity contribution in [3.63, 3.8) is 0 Å². The molecule has 0 N–H and O–H groups in total. The summed E-state index contributed by atoms with van der Waals surface area (Å²) in [4.78, 5) is 0. The van der Waals surface area contributed by atoms with E-state index in [9.17, 15) is 4.57 Å². The summed E-state index contributed by atoms with van der Waals surface area (Å²) < 4.78 is 16.2. The van der Waals surface area contributed by atoms with E-state index in [1.165, 1.54) is 11.1 Å². The standard InChI is InChI=1S/C21H28NOP/c1-16-6-8-18(9-7-16)19-10-11-20(24(19,23)22(4)5)21(3)14-12-17(2)13-15-21/h6-14,19-20H,15H2,1-5H3/t19-,20+,21?,24-/m1/s1. The van der Waals surface area contributed by atoms with Gasteiger partial charge in [0.05, 0.1) is 11.3 Å². The van der Waals surface area contributed by atoms with Gasteiger partial charge in [-0.05, 0) is 39.9 Å². The third-order valence-corrected chi connectivity index (χ3v) is 9.66. The van der Waals surface area contributed by atoms with Gasteiger partial charge in [0, 0.05) is 5.41 Å². The highest BCUT2D eigenvalue weighted by Gasteiger charge is 2.51. The van der Waals surface area contributed by atoms with Crippen LogP contribution in [0.15, 0.2) is 60.2 Å². The minimum Gasteiger partial charge on any atom is -0.305 e. The summed E-state index contributed by atoms with van der Waals surface area (Å²) in [5, 5.41) is 0. The SMILES string of the molecule is CC1=CCC(C)([C@@H]2C=C[C@H](c3ccc(C)cc3)[P@]2(=O)N(C)C)C=C1. The minimum absolute atomic E-state index is 0.0182. The summed E-state index contributed by atoms with van der Waals surface area (Å²) in [7, 11) is 1.33. The van der Waals surface area contributed by atoms with Gasteiger partial charge in [0.15, 0.2) is 7.29 Å². The molecule has 0 bridgehead atoms. The zero-order valence-electron chi connectivity index (χ0n) is 15.4. The van der Waals surface area contributed by atoms with Crippen molar-refractivity contribution in [2.75, 3.05) is 14.1 Å². The minimum atomic E-state index is -2.61. The maximum Gasteiger partial charge on any atom is 0.168 e. The lowest BCUT2D eigenvalue weighted by Crippen LogP contribution is -2.33. The first-order chi connectivity index (χ1) is 11.3. The molecule has 1 aliphatic carbocycles. The van der Waals surface area contributed by atoms with Crippen molar-refractivity contribution in [1.29, 1.82) is 0 Å². The van der Waals surface area contributed by atoms with Crippen LogP contribution in [0.1, 0.15) is 37.1 Å². The van der Waals surface area contributed by atoms with Crippen molar-refractivity contribution >= 4 is 7.29 Å². The number of hydrogen-bond acceptors (Lipinski definition) is 1. The molecule has 0 amide bonds.